The lowest BCUT2D eigenvalue weighted by Gasteiger charge is -2.18. The predicted octanol–water partition coefficient (Wildman–Crippen LogP) is 20.3. The van der Waals surface area contributed by atoms with E-state index in [0.717, 1.165) is 0 Å². The van der Waals surface area contributed by atoms with Crippen LogP contribution in [0, 0.1) is 0 Å². The Balaban J connectivity index is 1.04. The molecule has 0 saturated carbocycles. The van der Waals surface area contributed by atoms with E-state index in [1.54, 1.807) is 0 Å². The molecule has 0 aromatic heterocycles. The van der Waals surface area contributed by atoms with Crippen LogP contribution in [0.15, 0.2) is 279 Å². The fraction of sp³-hybridized carbons (Fsp3) is 0. The summed E-state index contributed by atoms with van der Waals surface area (Å²) in [6.45, 7) is 0. The Labute approximate surface area is 419 Å². The van der Waals surface area contributed by atoms with E-state index in [-0.39, 0.29) is 0 Å². The standard InChI is InChI=1S/C72H46/c1-5-19-47(20-6-1)51-27-17-29-55(39-51)65-45-71-62-38-36-53(41-67(62)66(46-69(71)60-34-16-14-32-58(60)65)56-30-18-28-52(40-56)48-21-7-2-8-22-48)54-35-37-61-64(50-25-11-4-12-26-50)43-70-59-33-15-13-31-57(59)63(44-72(70)68(61)42-54)49-23-9-3-10-24-49/h1-46H. The summed E-state index contributed by atoms with van der Waals surface area (Å²) >= 11 is 0. The molecule has 14 aromatic carbocycles. The average Bonchev–Trinajstić information content (AvgIpc) is 3.47. The van der Waals surface area contributed by atoms with E-state index < -0.39 is 0 Å². The van der Waals surface area contributed by atoms with Crippen LogP contribution >= 0.6 is 0 Å². The Kier molecular flexibility index (Phi) is 9.96. The van der Waals surface area contributed by atoms with Gasteiger partial charge >= 0.3 is 0 Å². The van der Waals surface area contributed by atoms with Gasteiger partial charge in [0.05, 0.1) is 0 Å². The quantitative estimate of drug-likeness (QED) is 0.140. The zero-order chi connectivity index (χ0) is 47.5. The first-order valence-corrected chi connectivity index (χ1v) is 25.0. The topological polar surface area (TPSA) is 0 Å². The second-order valence-electron chi connectivity index (χ2n) is 19.1. The molecule has 72 heavy (non-hydrogen) atoms. The maximum atomic E-state index is 2.47. The third kappa shape index (κ3) is 7.07. The first-order chi connectivity index (χ1) is 35.7. The van der Waals surface area contributed by atoms with Gasteiger partial charge in [0.2, 0.25) is 0 Å². The van der Waals surface area contributed by atoms with Crippen molar-refractivity contribution < 1.29 is 0 Å². The molecule has 0 radical (unpaired) electrons. The van der Waals surface area contributed by atoms with E-state index in [2.05, 4.69) is 279 Å². The smallest absolute Gasteiger partial charge is 0.00921 e. The fourth-order valence-electron chi connectivity index (χ4n) is 11.5. The van der Waals surface area contributed by atoms with Crippen LogP contribution in [0.1, 0.15) is 0 Å². The molecule has 0 nitrogen and oxygen atoms in total. The first-order valence-electron chi connectivity index (χ1n) is 25.0. The number of benzene rings is 14. The van der Waals surface area contributed by atoms with Crippen molar-refractivity contribution in [3.63, 3.8) is 0 Å². The van der Waals surface area contributed by atoms with E-state index in [9.17, 15) is 0 Å². The maximum Gasteiger partial charge on any atom is -0.00921 e. The maximum absolute atomic E-state index is 2.47. The van der Waals surface area contributed by atoms with Crippen molar-refractivity contribution in [2.45, 2.75) is 0 Å². The molecule has 14 aromatic rings. The van der Waals surface area contributed by atoms with E-state index in [0.29, 0.717) is 0 Å². The van der Waals surface area contributed by atoms with Gasteiger partial charge in [-0.25, -0.2) is 0 Å². The zero-order valence-corrected chi connectivity index (χ0v) is 39.6. The van der Waals surface area contributed by atoms with Crippen molar-refractivity contribution in [1.82, 2.24) is 0 Å². The van der Waals surface area contributed by atoms with Crippen LogP contribution in [0.4, 0.5) is 0 Å². The van der Waals surface area contributed by atoms with Crippen LogP contribution in [0.2, 0.25) is 0 Å². The summed E-state index contributed by atoms with van der Waals surface area (Å²) < 4.78 is 0. The SMILES string of the molecule is c1ccc(-c2cccc(-c3cc4c5ccc(-c6ccc7c(-c8ccccc8)cc8c9ccccc9c(-c9ccccc9)cc8c7c6)cc5c(-c5cccc(-c6ccccc6)c5)cc4c4ccccc34)c2)cc1. The minimum atomic E-state index is 1.18. The second-order valence-corrected chi connectivity index (χ2v) is 19.1. The van der Waals surface area contributed by atoms with Crippen molar-refractivity contribution in [1.29, 1.82) is 0 Å². The average molecular weight is 911 g/mol. The molecule has 0 fully saturated rings. The number of hydrogen-bond acceptors (Lipinski definition) is 0. The van der Waals surface area contributed by atoms with Gasteiger partial charge < -0.3 is 0 Å². The molecule has 0 N–H and O–H groups in total. The summed E-state index contributed by atoms with van der Waals surface area (Å²) in [5, 5.41) is 15.0. The van der Waals surface area contributed by atoms with Crippen LogP contribution < -0.4 is 0 Å². The molecule has 0 bridgehead atoms. The molecular weight excluding hydrogens is 865 g/mol. The van der Waals surface area contributed by atoms with Crippen molar-refractivity contribution in [3.05, 3.63) is 279 Å². The van der Waals surface area contributed by atoms with Gasteiger partial charge in [0.1, 0.15) is 0 Å². The van der Waals surface area contributed by atoms with Crippen LogP contribution in [-0.4, -0.2) is 0 Å². The van der Waals surface area contributed by atoms with Gasteiger partial charge in [-0.2, -0.15) is 0 Å². The minimum absolute atomic E-state index is 1.18. The summed E-state index contributed by atoms with van der Waals surface area (Å²) in [5.41, 5.74) is 17.0. The monoisotopic (exact) mass is 910 g/mol. The lowest BCUT2D eigenvalue weighted by Crippen LogP contribution is -1.91. The molecule has 0 spiro atoms. The Morgan fingerprint density at radius 1 is 0.111 bits per heavy atom. The largest absolute Gasteiger partial charge is 0.0622 e. The molecule has 0 saturated heterocycles. The highest BCUT2D eigenvalue weighted by Gasteiger charge is 2.19. The van der Waals surface area contributed by atoms with Crippen LogP contribution in [0.25, 0.3) is 143 Å². The van der Waals surface area contributed by atoms with Gasteiger partial charge in [-0.1, -0.05) is 231 Å². The third-order valence-corrected chi connectivity index (χ3v) is 15.0. The van der Waals surface area contributed by atoms with Gasteiger partial charge in [0.25, 0.3) is 0 Å². The molecule has 0 atom stereocenters. The summed E-state index contributed by atoms with van der Waals surface area (Å²) in [4.78, 5) is 0. The van der Waals surface area contributed by atoms with Gasteiger partial charge in [-0.15, -0.1) is 0 Å². The third-order valence-electron chi connectivity index (χ3n) is 15.0. The van der Waals surface area contributed by atoms with Gasteiger partial charge in [0, 0.05) is 0 Å². The molecule has 0 aliphatic heterocycles. The number of rotatable bonds is 7. The lowest BCUT2D eigenvalue weighted by atomic mass is 9.85. The van der Waals surface area contributed by atoms with E-state index >= 15 is 0 Å². The van der Waals surface area contributed by atoms with E-state index in [4.69, 9.17) is 0 Å². The summed E-state index contributed by atoms with van der Waals surface area (Å²) in [5.74, 6) is 0. The van der Waals surface area contributed by atoms with Crippen LogP contribution in [0.3, 0.4) is 0 Å². The molecule has 0 heteroatoms. The highest BCUT2D eigenvalue weighted by Crippen LogP contribution is 2.46. The van der Waals surface area contributed by atoms with E-state index in [1.165, 1.54) is 143 Å². The summed E-state index contributed by atoms with van der Waals surface area (Å²) in [6.07, 6.45) is 0. The molecule has 0 aliphatic rings. The van der Waals surface area contributed by atoms with Crippen molar-refractivity contribution in [2.24, 2.45) is 0 Å². The Morgan fingerprint density at radius 3 is 0.833 bits per heavy atom. The highest BCUT2D eigenvalue weighted by atomic mass is 14.2. The normalized spacial score (nSPS) is 11.6. The highest BCUT2D eigenvalue weighted by molar-refractivity contribution is 6.26. The van der Waals surface area contributed by atoms with Crippen LogP contribution in [0.5, 0.6) is 0 Å². The molecular formula is C72H46. The lowest BCUT2D eigenvalue weighted by molar-refractivity contribution is 1.60. The Morgan fingerprint density at radius 2 is 0.375 bits per heavy atom. The van der Waals surface area contributed by atoms with Crippen molar-refractivity contribution >= 4 is 64.6 Å². The molecule has 14 rings (SSSR count). The summed E-state index contributed by atoms with van der Waals surface area (Å²) in [7, 11) is 0. The van der Waals surface area contributed by atoms with Gasteiger partial charge in [-0.3, -0.25) is 0 Å². The summed E-state index contributed by atoms with van der Waals surface area (Å²) in [6, 6.07) is 103. The van der Waals surface area contributed by atoms with Crippen molar-refractivity contribution in [2.75, 3.05) is 0 Å². The molecule has 334 valence electrons. The number of fused-ring (bicyclic) bond motifs is 10. The zero-order valence-electron chi connectivity index (χ0n) is 39.6. The molecule has 0 heterocycles. The molecule has 0 unspecified atom stereocenters. The minimum Gasteiger partial charge on any atom is -0.0622 e. The van der Waals surface area contributed by atoms with E-state index in [1.807, 2.05) is 0 Å². The number of hydrogen-bond donors (Lipinski definition) is 0. The Bertz CT molecular complexity index is 4400. The molecule has 0 amide bonds. The predicted molar refractivity (Wildman–Crippen MR) is 310 cm³/mol. The van der Waals surface area contributed by atoms with Crippen molar-refractivity contribution in [3.8, 4) is 77.9 Å². The Hall–Kier alpha value is -9.36. The first kappa shape index (κ1) is 41.6. The van der Waals surface area contributed by atoms with Gasteiger partial charge in [0.15, 0.2) is 0 Å². The van der Waals surface area contributed by atoms with Crippen LogP contribution in [-0.2, 0) is 0 Å². The fourth-order valence-corrected chi connectivity index (χ4v) is 11.5. The molecule has 0 aliphatic carbocycles. The van der Waals surface area contributed by atoms with Gasteiger partial charge in [-0.05, 0) is 191 Å². The second kappa shape index (κ2) is 17.2.